The molecule has 4 aromatic rings. The summed E-state index contributed by atoms with van der Waals surface area (Å²) in [7, 11) is -4.01. The molecule has 9 nitrogen and oxygen atoms in total. The van der Waals surface area contributed by atoms with Crippen LogP contribution in [0.3, 0.4) is 0 Å². The first-order chi connectivity index (χ1) is 20.7. The summed E-state index contributed by atoms with van der Waals surface area (Å²) in [5.41, 5.74) is 2.84. The van der Waals surface area contributed by atoms with Crippen molar-refractivity contribution in [1.29, 1.82) is 0 Å². The van der Waals surface area contributed by atoms with Crippen LogP contribution in [-0.2, 0) is 27.9 Å². The van der Waals surface area contributed by atoms with Crippen molar-refractivity contribution in [2.75, 3.05) is 25.4 Å². The van der Waals surface area contributed by atoms with Crippen LogP contribution in [0.25, 0.3) is 10.9 Å². The molecule has 0 radical (unpaired) electrons. The van der Waals surface area contributed by atoms with Gasteiger partial charge in [-0.1, -0.05) is 66.2 Å². The van der Waals surface area contributed by atoms with Gasteiger partial charge in [-0.05, 0) is 61.1 Å². The molecule has 11 heteroatoms. The molecule has 1 N–H and O–H groups in total. The van der Waals surface area contributed by atoms with Crippen LogP contribution >= 0.6 is 11.6 Å². The molecule has 0 aliphatic carbocycles. The van der Waals surface area contributed by atoms with E-state index in [1.165, 1.54) is 4.90 Å². The number of hydrogen-bond acceptors (Lipinski definition) is 6. The molecule has 1 saturated heterocycles. The molecule has 1 aliphatic heterocycles. The number of nitrogens with zero attached hydrogens (tertiary/aromatic N) is 2. The fourth-order valence-electron chi connectivity index (χ4n) is 5.39. The number of aryl methyl sites for hydroxylation is 1. The molecular weight excluding hydrogens is 590 g/mol. The Labute approximate surface area is 256 Å². The van der Waals surface area contributed by atoms with Crippen molar-refractivity contribution >= 4 is 44.5 Å². The number of amides is 2. The molecule has 3 aromatic carbocycles. The molecule has 0 unspecified atom stereocenters. The molecule has 226 valence electrons. The topological polar surface area (TPSA) is 107 Å². The Balaban J connectivity index is 1.24. The van der Waals surface area contributed by atoms with Gasteiger partial charge in [-0.3, -0.25) is 4.79 Å². The van der Waals surface area contributed by atoms with E-state index in [2.05, 4.69) is 4.72 Å². The van der Waals surface area contributed by atoms with Crippen molar-refractivity contribution in [2.24, 2.45) is 5.92 Å². The minimum absolute atomic E-state index is 0.145. The molecule has 1 atom stereocenters. The second-order valence-electron chi connectivity index (χ2n) is 10.7. The molecule has 0 spiro atoms. The van der Waals surface area contributed by atoms with Gasteiger partial charge in [0, 0.05) is 24.0 Å². The number of likely N-dealkylation sites (tertiary alicyclic amines) is 1. The molecule has 2 amide bonds. The number of nitrogens with one attached hydrogen (secondary N) is 1. The van der Waals surface area contributed by atoms with E-state index in [0.717, 1.165) is 22.0 Å². The van der Waals surface area contributed by atoms with Crippen LogP contribution in [0.15, 0.2) is 78.9 Å². The molecule has 0 bridgehead atoms. The summed E-state index contributed by atoms with van der Waals surface area (Å²) in [4.78, 5) is 27.6. The highest BCUT2D eigenvalue weighted by Gasteiger charge is 2.30. The Hall–Kier alpha value is -4.02. The lowest BCUT2D eigenvalue weighted by Gasteiger charge is -2.31. The minimum atomic E-state index is -4.01. The Kier molecular flexibility index (Phi) is 9.57. The van der Waals surface area contributed by atoms with Gasteiger partial charge in [-0.2, -0.15) is 0 Å². The third-order valence-electron chi connectivity index (χ3n) is 7.49. The number of halogens is 1. The summed E-state index contributed by atoms with van der Waals surface area (Å²) >= 11 is 6.21. The van der Waals surface area contributed by atoms with Crippen LogP contribution in [0, 0.1) is 12.8 Å². The number of benzene rings is 3. The third-order valence-corrected chi connectivity index (χ3v) is 9.21. The summed E-state index contributed by atoms with van der Waals surface area (Å²) in [5.74, 6) is -0.810. The van der Waals surface area contributed by atoms with E-state index >= 15 is 0 Å². The van der Waals surface area contributed by atoms with Gasteiger partial charge in [0.1, 0.15) is 24.7 Å². The number of carbonyl (C=O) groups excluding carboxylic acids is 2. The fraction of sp³-hybridized carbons (Fsp3) is 0.312. The molecular formula is C32H34ClN3O6S. The molecule has 5 rings (SSSR count). The first-order valence-electron chi connectivity index (χ1n) is 14.2. The first-order valence-corrected chi connectivity index (χ1v) is 16.2. The highest BCUT2D eigenvalue weighted by molar-refractivity contribution is 7.90. The molecule has 0 saturated carbocycles. The van der Waals surface area contributed by atoms with Gasteiger partial charge >= 0.3 is 6.09 Å². The predicted octanol–water partition coefficient (Wildman–Crippen LogP) is 5.79. The van der Waals surface area contributed by atoms with Crippen LogP contribution in [0.1, 0.15) is 34.5 Å². The van der Waals surface area contributed by atoms with Crippen molar-refractivity contribution in [3.63, 3.8) is 0 Å². The number of aromatic nitrogens is 1. The molecule has 1 aliphatic rings. The van der Waals surface area contributed by atoms with E-state index in [1.54, 1.807) is 22.8 Å². The van der Waals surface area contributed by atoms with E-state index in [1.807, 2.05) is 67.6 Å². The smallest absolute Gasteiger partial charge is 0.410 e. The Morgan fingerprint density at radius 2 is 1.79 bits per heavy atom. The number of para-hydroxylation sites is 1. The molecule has 2 heterocycles. The second kappa shape index (κ2) is 13.5. The third kappa shape index (κ3) is 7.69. The highest BCUT2D eigenvalue weighted by atomic mass is 35.5. The maximum absolute atomic E-state index is 13.4. The summed E-state index contributed by atoms with van der Waals surface area (Å²) in [6.07, 6.45) is 0.790. The zero-order valence-corrected chi connectivity index (χ0v) is 25.4. The van der Waals surface area contributed by atoms with Crippen molar-refractivity contribution in [2.45, 2.75) is 32.9 Å². The average molecular weight is 624 g/mol. The van der Waals surface area contributed by atoms with Crippen LogP contribution in [-0.4, -0.2) is 55.3 Å². The lowest BCUT2D eigenvalue weighted by atomic mass is 10.0. The van der Waals surface area contributed by atoms with Gasteiger partial charge in [-0.25, -0.2) is 17.9 Å². The van der Waals surface area contributed by atoms with Gasteiger partial charge in [0.15, 0.2) is 0 Å². The van der Waals surface area contributed by atoms with E-state index in [-0.39, 0.29) is 37.1 Å². The van der Waals surface area contributed by atoms with Gasteiger partial charge in [0.2, 0.25) is 10.0 Å². The molecule has 1 aromatic heterocycles. The summed E-state index contributed by atoms with van der Waals surface area (Å²) < 4.78 is 41.7. The molecule has 1 fully saturated rings. The standard InChI is InChI=1S/C32H34ClN3O6S/c1-23-9-7-14-28-26(23)19-29(36(28)17-18-41-30-15-6-5-13-27(30)33)31(37)34-43(39,40)22-25-12-8-16-35(20-25)32(38)42-21-24-10-3-2-4-11-24/h2-7,9-11,13-15,19,25H,8,12,16-18,20-22H2,1H3,(H,34,37)/t25-/m1/s1. The van der Waals surface area contributed by atoms with E-state index < -0.39 is 22.0 Å². The van der Waals surface area contributed by atoms with Crippen molar-refractivity contribution in [3.05, 3.63) is 101 Å². The number of sulfonamides is 1. The first kappa shape index (κ1) is 30.4. The lowest BCUT2D eigenvalue weighted by Crippen LogP contribution is -2.44. The lowest BCUT2D eigenvalue weighted by molar-refractivity contribution is 0.0811. The van der Waals surface area contributed by atoms with Crippen molar-refractivity contribution in [3.8, 4) is 5.75 Å². The zero-order valence-electron chi connectivity index (χ0n) is 23.9. The second-order valence-corrected chi connectivity index (χ2v) is 12.8. The number of piperidine rings is 1. The summed E-state index contributed by atoms with van der Waals surface area (Å²) in [5, 5.41) is 1.32. The van der Waals surface area contributed by atoms with E-state index in [9.17, 15) is 18.0 Å². The Bertz CT molecular complexity index is 1710. The van der Waals surface area contributed by atoms with Crippen LogP contribution < -0.4 is 9.46 Å². The number of rotatable bonds is 10. The fourth-order valence-corrected chi connectivity index (χ4v) is 6.95. The highest BCUT2D eigenvalue weighted by Crippen LogP contribution is 2.26. The van der Waals surface area contributed by atoms with Crippen molar-refractivity contribution < 1.29 is 27.5 Å². The maximum atomic E-state index is 13.4. The van der Waals surface area contributed by atoms with E-state index in [4.69, 9.17) is 21.1 Å². The zero-order chi connectivity index (χ0) is 30.4. The monoisotopic (exact) mass is 623 g/mol. The van der Waals surface area contributed by atoms with Gasteiger partial charge < -0.3 is 18.9 Å². The average Bonchev–Trinajstić information content (AvgIpc) is 3.37. The number of fused-ring (bicyclic) bond motifs is 1. The van der Waals surface area contributed by atoms with Crippen LogP contribution in [0.2, 0.25) is 5.02 Å². The normalized spacial score (nSPS) is 15.3. The van der Waals surface area contributed by atoms with E-state index in [0.29, 0.717) is 36.7 Å². The van der Waals surface area contributed by atoms with Gasteiger partial charge in [-0.15, -0.1) is 0 Å². The summed E-state index contributed by atoms with van der Waals surface area (Å²) in [6.45, 7) is 3.32. The predicted molar refractivity (Wildman–Crippen MR) is 166 cm³/mol. The number of ether oxygens (including phenoxy) is 2. The largest absolute Gasteiger partial charge is 0.490 e. The maximum Gasteiger partial charge on any atom is 0.410 e. The number of hydrogen-bond donors (Lipinski definition) is 1. The quantitative estimate of drug-likeness (QED) is 0.240. The van der Waals surface area contributed by atoms with Gasteiger partial charge in [0.25, 0.3) is 5.91 Å². The Morgan fingerprint density at radius 1 is 1.02 bits per heavy atom. The van der Waals surface area contributed by atoms with Crippen LogP contribution in [0.5, 0.6) is 5.75 Å². The summed E-state index contributed by atoms with van der Waals surface area (Å²) in [6, 6.07) is 23.9. The Morgan fingerprint density at radius 3 is 2.58 bits per heavy atom. The number of carbonyl (C=O) groups is 2. The van der Waals surface area contributed by atoms with Gasteiger partial charge in [0.05, 0.1) is 17.3 Å². The minimum Gasteiger partial charge on any atom is -0.490 e. The van der Waals surface area contributed by atoms with Crippen LogP contribution in [0.4, 0.5) is 4.79 Å². The SMILES string of the molecule is Cc1cccc2c1cc(C(=O)NS(=O)(=O)C[C@@H]1CCCN(C(=O)OCc3ccccc3)C1)n2CCOc1ccccc1Cl. The van der Waals surface area contributed by atoms with Crippen molar-refractivity contribution in [1.82, 2.24) is 14.2 Å². The molecule has 43 heavy (non-hydrogen) atoms.